The third kappa shape index (κ3) is 4.91. The van der Waals surface area contributed by atoms with Crippen LogP contribution in [0.15, 0.2) is 40.2 Å². The van der Waals surface area contributed by atoms with Crippen molar-refractivity contribution in [2.75, 3.05) is 14.2 Å². The van der Waals surface area contributed by atoms with Gasteiger partial charge in [-0.05, 0) is 66.6 Å². The van der Waals surface area contributed by atoms with Crippen molar-refractivity contribution in [3.05, 3.63) is 51.9 Å². The molecule has 1 amide bonds. The quantitative estimate of drug-likeness (QED) is 0.661. The summed E-state index contributed by atoms with van der Waals surface area (Å²) in [6.45, 7) is 0.882. The van der Waals surface area contributed by atoms with E-state index in [-0.39, 0.29) is 23.2 Å². The second-order valence-electron chi connectivity index (χ2n) is 6.40. The molecule has 0 spiro atoms. The van der Waals surface area contributed by atoms with Gasteiger partial charge in [-0.2, -0.15) is 8.78 Å². The molecule has 0 aromatic heterocycles. The van der Waals surface area contributed by atoms with E-state index < -0.39 is 6.61 Å². The van der Waals surface area contributed by atoms with Gasteiger partial charge in [0.15, 0.2) is 16.7 Å². The van der Waals surface area contributed by atoms with Gasteiger partial charge in [-0.1, -0.05) is 12.1 Å². The number of carbonyl (C=O) groups is 1. The van der Waals surface area contributed by atoms with Crippen LogP contribution in [0.3, 0.4) is 0 Å². The Morgan fingerprint density at radius 1 is 1.10 bits per heavy atom. The zero-order chi connectivity index (χ0) is 21.8. The Morgan fingerprint density at radius 2 is 1.77 bits per heavy atom. The van der Waals surface area contributed by atoms with Gasteiger partial charge in [-0.25, -0.2) is 4.99 Å². The minimum Gasteiger partial charge on any atom is -0.493 e. The summed E-state index contributed by atoms with van der Waals surface area (Å²) in [5.41, 5.74) is 3.35. The maximum Gasteiger partial charge on any atom is 0.387 e. The third-order valence-electron chi connectivity index (χ3n) is 4.23. The number of hydrogen-bond acceptors (Lipinski definition) is 6. The minimum atomic E-state index is -3.03. The second kappa shape index (κ2) is 9.17. The molecule has 0 aliphatic carbocycles. The molecule has 1 heterocycles. The number of carbonyl (C=O) groups excluding carboxylic acids is 1. The number of rotatable bonds is 6. The molecule has 30 heavy (non-hydrogen) atoms. The molecule has 1 aliphatic rings. The van der Waals surface area contributed by atoms with Gasteiger partial charge in [0.25, 0.3) is 5.91 Å². The highest BCUT2D eigenvalue weighted by molar-refractivity contribution is 8.18. The number of aryl methyl sites for hydroxylation is 2. The monoisotopic (exact) mass is 434 g/mol. The number of aliphatic imine (C=N–C) groups is 1. The number of nitrogens with zero attached hydrogens (tertiary/aromatic N) is 1. The van der Waals surface area contributed by atoms with Gasteiger partial charge in [-0.3, -0.25) is 4.79 Å². The number of alkyl halides is 2. The van der Waals surface area contributed by atoms with Crippen molar-refractivity contribution < 1.29 is 27.8 Å². The van der Waals surface area contributed by atoms with E-state index in [1.54, 1.807) is 6.08 Å². The lowest BCUT2D eigenvalue weighted by Gasteiger charge is -2.14. The van der Waals surface area contributed by atoms with Crippen LogP contribution in [0.2, 0.25) is 0 Å². The molecule has 0 unspecified atom stereocenters. The first-order chi connectivity index (χ1) is 14.3. The largest absolute Gasteiger partial charge is 0.493 e. The highest BCUT2D eigenvalue weighted by Gasteiger charge is 2.25. The van der Waals surface area contributed by atoms with Gasteiger partial charge < -0.3 is 19.5 Å². The first-order valence-corrected chi connectivity index (χ1v) is 9.70. The molecule has 2 aromatic rings. The number of thioether (sulfide) groups is 1. The van der Waals surface area contributed by atoms with Gasteiger partial charge in [0.1, 0.15) is 0 Å². The van der Waals surface area contributed by atoms with E-state index in [2.05, 4.69) is 15.0 Å². The van der Waals surface area contributed by atoms with Crippen LogP contribution in [0, 0.1) is 13.8 Å². The number of ether oxygens (including phenoxy) is 3. The number of amidine groups is 1. The lowest BCUT2D eigenvalue weighted by atomic mass is 10.1. The Bertz CT molecular complexity index is 1010. The number of halogens is 2. The van der Waals surface area contributed by atoms with Crippen LogP contribution >= 0.6 is 11.8 Å². The summed E-state index contributed by atoms with van der Waals surface area (Å²) in [7, 11) is 2.66. The van der Waals surface area contributed by atoms with E-state index in [0.29, 0.717) is 15.6 Å². The molecule has 1 aliphatic heterocycles. The van der Waals surface area contributed by atoms with Gasteiger partial charge in [0.2, 0.25) is 5.75 Å². The molecule has 2 aromatic carbocycles. The van der Waals surface area contributed by atoms with Crippen molar-refractivity contribution in [2.24, 2.45) is 4.99 Å². The summed E-state index contributed by atoms with van der Waals surface area (Å²) >= 11 is 1.18. The van der Waals surface area contributed by atoms with E-state index in [1.165, 1.54) is 38.1 Å². The molecular weight excluding hydrogens is 414 g/mol. The minimum absolute atomic E-state index is 0.0641. The fourth-order valence-corrected chi connectivity index (χ4v) is 3.60. The molecule has 9 heteroatoms. The molecule has 3 rings (SSSR count). The van der Waals surface area contributed by atoms with E-state index in [4.69, 9.17) is 9.47 Å². The van der Waals surface area contributed by atoms with Crippen molar-refractivity contribution in [1.29, 1.82) is 0 Å². The Hall–Kier alpha value is -3.07. The molecule has 0 saturated carbocycles. The average molecular weight is 434 g/mol. The Kier molecular flexibility index (Phi) is 6.61. The molecular formula is C21H20F2N2O4S. The predicted octanol–water partition coefficient (Wildman–Crippen LogP) is 4.81. The van der Waals surface area contributed by atoms with Gasteiger partial charge in [0, 0.05) is 0 Å². The summed E-state index contributed by atoms with van der Waals surface area (Å²) in [4.78, 5) is 17.3. The second-order valence-corrected chi connectivity index (χ2v) is 7.44. The van der Waals surface area contributed by atoms with Crippen LogP contribution in [0.5, 0.6) is 17.2 Å². The topological polar surface area (TPSA) is 69.2 Å². The lowest BCUT2D eigenvalue weighted by Crippen LogP contribution is -2.19. The Labute approximate surface area is 176 Å². The molecule has 1 N–H and O–H groups in total. The number of hydrogen-bond donors (Lipinski definition) is 1. The highest BCUT2D eigenvalue weighted by Crippen LogP contribution is 2.40. The highest BCUT2D eigenvalue weighted by atomic mass is 32.2. The Morgan fingerprint density at radius 3 is 2.37 bits per heavy atom. The smallest absolute Gasteiger partial charge is 0.387 e. The molecule has 0 atom stereocenters. The maximum atomic E-state index is 12.7. The average Bonchev–Trinajstić information content (AvgIpc) is 3.03. The first-order valence-electron chi connectivity index (χ1n) is 8.88. The SMILES string of the molecule is COc1cc(/C=C2\SC(=Nc3cc(C)ccc3C)NC2=O)cc(OC)c1OC(F)F. The van der Waals surface area contributed by atoms with Crippen molar-refractivity contribution in [3.8, 4) is 17.2 Å². The van der Waals surface area contributed by atoms with Crippen molar-refractivity contribution >= 4 is 34.6 Å². The maximum absolute atomic E-state index is 12.7. The summed E-state index contributed by atoms with van der Waals surface area (Å²) in [6, 6.07) is 8.87. The fourth-order valence-electron chi connectivity index (χ4n) is 2.77. The zero-order valence-corrected chi connectivity index (χ0v) is 17.6. The first kappa shape index (κ1) is 21.6. The van der Waals surface area contributed by atoms with Crippen LogP contribution in [-0.2, 0) is 4.79 Å². The predicted molar refractivity (Wildman–Crippen MR) is 113 cm³/mol. The molecule has 6 nitrogen and oxygen atoms in total. The zero-order valence-electron chi connectivity index (χ0n) is 16.8. The molecule has 158 valence electrons. The van der Waals surface area contributed by atoms with E-state index in [1.807, 2.05) is 32.0 Å². The lowest BCUT2D eigenvalue weighted by molar-refractivity contribution is -0.115. The van der Waals surface area contributed by atoms with Crippen LogP contribution in [0.1, 0.15) is 16.7 Å². The Balaban J connectivity index is 1.92. The summed E-state index contributed by atoms with van der Waals surface area (Å²) in [6.07, 6.45) is 1.60. The van der Waals surface area contributed by atoms with E-state index in [0.717, 1.165) is 16.8 Å². The van der Waals surface area contributed by atoms with Gasteiger partial charge in [-0.15, -0.1) is 0 Å². The molecule has 0 radical (unpaired) electrons. The molecule has 0 bridgehead atoms. The van der Waals surface area contributed by atoms with Crippen molar-refractivity contribution in [1.82, 2.24) is 5.32 Å². The number of methoxy groups -OCH3 is 2. The van der Waals surface area contributed by atoms with Crippen LogP contribution in [0.4, 0.5) is 14.5 Å². The van der Waals surface area contributed by atoms with Crippen LogP contribution < -0.4 is 19.5 Å². The standard InChI is InChI=1S/C21H20F2N2O4S/c1-11-5-6-12(2)14(7-11)24-21-25-19(26)17(30-21)10-13-8-15(27-3)18(29-20(22)23)16(9-13)28-4/h5-10,20H,1-4H3,(H,24,25,26)/b17-10-. The van der Waals surface area contributed by atoms with E-state index >= 15 is 0 Å². The summed E-state index contributed by atoms with van der Waals surface area (Å²) in [5.74, 6) is -0.392. The molecule has 1 fully saturated rings. The molecule has 1 saturated heterocycles. The number of amides is 1. The van der Waals surface area contributed by atoms with Crippen molar-refractivity contribution in [3.63, 3.8) is 0 Å². The third-order valence-corrected chi connectivity index (χ3v) is 5.14. The summed E-state index contributed by atoms with van der Waals surface area (Å²) in [5, 5.41) is 3.19. The van der Waals surface area contributed by atoms with Gasteiger partial charge in [0.05, 0.1) is 24.8 Å². The summed E-state index contributed by atoms with van der Waals surface area (Å²) < 4.78 is 40.2. The normalized spacial score (nSPS) is 16.3. The van der Waals surface area contributed by atoms with E-state index in [9.17, 15) is 13.6 Å². The fraction of sp³-hybridized carbons (Fsp3) is 0.238. The van der Waals surface area contributed by atoms with Gasteiger partial charge >= 0.3 is 6.61 Å². The number of nitrogens with one attached hydrogen (secondary N) is 1. The van der Waals surface area contributed by atoms with Crippen LogP contribution in [0.25, 0.3) is 6.08 Å². The number of benzene rings is 2. The van der Waals surface area contributed by atoms with Crippen LogP contribution in [-0.4, -0.2) is 31.9 Å². The van der Waals surface area contributed by atoms with Crippen molar-refractivity contribution in [2.45, 2.75) is 20.5 Å².